The molecule has 2 heterocycles. The normalized spacial score (nSPS) is 16.4. The Labute approximate surface area is 124 Å². The smallest absolute Gasteiger partial charge is 0.363 e. The highest BCUT2D eigenvalue weighted by Gasteiger charge is 2.25. The second-order valence-electron chi connectivity index (χ2n) is 3.98. The summed E-state index contributed by atoms with van der Waals surface area (Å²) in [6.07, 6.45) is 3.01. The molecule has 3 rings (SSSR count). The van der Waals surface area contributed by atoms with Crippen molar-refractivity contribution in [3.05, 3.63) is 63.7 Å². The van der Waals surface area contributed by atoms with E-state index < -0.39 is 5.97 Å². The number of hydrogen-bond acceptors (Lipinski definition) is 4. The van der Waals surface area contributed by atoms with Crippen molar-refractivity contribution in [2.45, 2.75) is 0 Å². The molecule has 4 nitrogen and oxygen atoms in total. The summed E-state index contributed by atoms with van der Waals surface area (Å²) < 4.78 is 10.2. The number of halogens is 2. The summed E-state index contributed by atoms with van der Waals surface area (Å²) in [5.41, 5.74) is 0.660. The number of esters is 1. The van der Waals surface area contributed by atoms with Crippen LogP contribution in [-0.4, -0.2) is 11.9 Å². The number of benzene rings is 1. The number of aliphatic imine (C=N–C) groups is 1. The molecule has 0 aliphatic carbocycles. The van der Waals surface area contributed by atoms with Crippen LogP contribution in [0.3, 0.4) is 0 Å². The Kier molecular flexibility index (Phi) is 3.34. The molecule has 1 aromatic heterocycles. The second kappa shape index (κ2) is 5.15. The van der Waals surface area contributed by atoms with Gasteiger partial charge >= 0.3 is 5.97 Å². The maximum Gasteiger partial charge on any atom is 0.363 e. The molecule has 0 saturated carbocycles. The molecule has 0 fully saturated rings. The number of carbonyl (C=O) groups is 1. The van der Waals surface area contributed by atoms with Crippen LogP contribution in [0.5, 0.6) is 0 Å². The quantitative estimate of drug-likeness (QED) is 0.624. The highest BCUT2D eigenvalue weighted by molar-refractivity contribution is 6.37. The van der Waals surface area contributed by atoms with E-state index in [9.17, 15) is 4.79 Å². The van der Waals surface area contributed by atoms with Crippen LogP contribution >= 0.6 is 23.2 Å². The van der Waals surface area contributed by atoms with Crippen molar-refractivity contribution in [3.63, 3.8) is 0 Å². The van der Waals surface area contributed by atoms with Gasteiger partial charge in [0.25, 0.3) is 0 Å². The van der Waals surface area contributed by atoms with Gasteiger partial charge < -0.3 is 9.15 Å². The Morgan fingerprint density at radius 2 is 2.05 bits per heavy atom. The van der Waals surface area contributed by atoms with Crippen molar-refractivity contribution >= 4 is 41.1 Å². The highest BCUT2D eigenvalue weighted by atomic mass is 35.5. The summed E-state index contributed by atoms with van der Waals surface area (Å²) in [4.78, 5) is 15.9. The minimum atomic E-state index is -0.553. The molecule has 0 saturated heterocycles. The molecule has 2 aromatic rings. The lowest BCUT2D eigenvalue weighted by Crippen LogP contribution is -2.05. The van der Waals surface area contributed by atoms with Gasteiger partial charge in [-0.05, 0) is 30.3 Å². The lowest BCUT2D eigenvalue weighted by Gasteiger charge is -2.02. The first kappa shape index (κ1) is 13.0. The maximum atomic E-state index is 11.7. The van der Waals surface area contributed by atoms with Gasteiger partial charge in [-0.25, -0.2) is 9.79 Å². The molecule has 0 radical (unpaired) electrons. The molecule has 20 heavy (non-hydrogen) atoms. The Morgan fingerprint density at radius 3 is 2.75 bits per heavy atom. The van der Waals surface area contributed by atoms with E-state index in [0.29, 0.717) is 21.4 Å². The van der Waals surface area contributed by atoms with Gasteiger partial charge in [-0.15, -0.1) is 0 Å². The van der Waals surface area contributed by atoms with Crippen molar-refractivity contribution < 1.29 is 13.9 Å². The lowest BCUT2D eigenvalue weighted by molar-refractivity contribution is -0.129. The Bertz CT molecular complexity index is 733. The van der Waals surface area contributed by atoms with Crippen LogP contribution in [0.15, 0.2) is 51.7 Å². The Morgan fingerprint density at radius 1 is 1.20 bits per heavy atom. The lowest BCUT2D eigenvalue weighted by atomic mass is 10.2. The fraction of sp³-hybridized carbons (Fsp3) is 0. The van der Waals surface area contributed by atoms with Gasteiger partial charge in [0.1, 0.15) is 5.76 Å². The van der Waals surface area contributed by atoms with E-state index in [-0.39, 0.29) is 11.6 Å². The number of cyclic esters (lactones) is 1. The molecule has 0 N–H and O–H groups in total. The number of nitrogens with zero attached hydrogens (tertiary/aromatic N) is 1. The van der Waals surface area contributed by atoms with Crippen molar-refractivity contribution in [3.8, 4) is 0 Å². The summed E-state index contributed by atoms with van der Waals surface area (Å²) in [6, 6.07) is 8.28. The molecule has 0 spiro atoms. The van der Waals surface area contributed by atoms with Gasteiger partial charge in [0.05, 0.1) is 16.8 Å². The van der Waals surface area contributed by atoms with Gasteiger partial charge in [-0.3, -0.25) is 0 Å². The van der Waals surface area contributed by atoms with Crippen LogP contribution in [0.25, 0.3) is 6.08 Å². The second-order valence-corrected chi connectivity index (χ2v) is 4.82. The van der Waals surface area contributed by atoms with Crippen LogP contribution in [0.2, 0.25) is 10.0 Å². The van der Waals surface area contributed by atoms with Crippen LogP contribution in [0.1, 0.15) is 11.3 Å². The summed E-state index contributed by atoms with van der Waals surface area (Å²) in [7, 11) is 0. The predicted octanol–water partition coefficient (Wildman–Crippen LogP) is 3.93. The molecule has 0 atom stereocenters. The molecule has 0 bridgehead atoms. The molecule has 1 aromatic carbocycles. The Hall–Kier alpha value is -2.04. The number of furan rings is 1. The molecular formula is C14H7Cl2NO3. The van der Waals surface area contributed by atoms with Gasteiger partial charge in [-0.2, -0.15) is 0 Å². The first-order valence-electron chi connectivity index (χ1n) is 5.65. The first-order valence-corrected chi connectivity index (χ1v) is 6.40. The SMILES string of the molecule is O=C1OC(c2ccc(Cl)cc2Cl)=NC1=Cc1ccco1. The Balaban J connectivity index is 1.98. The van der Waals surface area contributed by atoms with E-state index in [1.165, 1.54) is 12.3 Å². The zero-order valence-electron chi connectivity index (χ0n) is 9.97. The number of carbonyl (C=O) groups excluding carboxylic acids is 1. The molecular weight excluding hydrogens is 301 g/mol. The van der Waals surface area contributed by atoms with Crippen molar-refractivity contribution in [2.75, 3.05) is 0 Å². The van der Waals surface area contributed by atoms with Gasteiger partial charge in [0.2, 0.25) is 5.90 Å². The number of rotatable bonds is 2. The summed E-state index contributed by atoms with van der Waals surface area (Å²) in [6.45, 7) is 0. The average Bonchev–Trinajstić information content (AvgIpc) is 3.01. The van der Waals surface area contributed by atoms with Crippen molar-refractivity contribution in [1.29, 1.82) is 0 Å². The van der Waals surface area contributed by atoms with Crippen LogP contribution in [0, 0.1) is 0 Å². The molecule has 1 aliphatic rings. The third kappa shape index (κ3) is 2.48. The monoisotopic (exact) mass is 307 g/mol. The maximum absolute atomic E-state index is 11.7. The van der Waals surface area contributed by atoms with E-state index >= 15 is 0 Å². The molecule has 6 heteroatoms. The molecule has 0 unspecified atom stereocenters. The van der Waals surface area contributed by atoms with Gasteiger partial charge in [0, 0.05) is 11.1 Å². The third-order valence-electron chi connectivity index (χ3n) is 2.60. The van der Waals surface area contributed by atoms with E-state index in [1.807, 2.05) is 0 Å². The molecule has 1 aliphatic heterocycles. The zero-order chi connectivity index (χ0) is 14.1. The minimum absolute atomic E-state index is 0.148. The fourth-order valence-electron chi connectivity index (χ4n) is 1.70. The van der Waals surface area contributed by atoms with E-state index in [4.69, 9.17) is 32.4 Å². The first-order chi connectivity index (χ1) is 9.63. The summed E-state index contributed by atoms with van der Waals surface area (Å²) in [5.74, 6) is 0.112. The fourth-order valence-corrected chi connectivity index (χ4v) is 2.18. The van der Waals surface area contributed by atoms with Crippen LogP contribution in [-0.2, 0) is 9.53 Å². The zero-order valence-corrected chi connectivity index (χ0v) is 11.5. The minimum Gasteiger partial charge on any atom is -0.465 e. The molecule has 0 amide bonds. The van der Waals surface area contributed by atoms with Gasteiger partial charge in [0.15, 0.2) is 5.70 Å². The van der Waals surface area contributed by atoms with Gasteiger partial charge in [-0.1, -0.05) is 23.2 Å². The third-order valence-corrected chi connectivity index (χ3v) is 3.15. The predicted molar refractivity (Wildman–Crippen MR) is 75.8 cm³/mol. The number of hydrogen-bond donors (Lipinski definition) is 0. The summed E-state index contributed by atoms with van der Waals surface area (Å²) in [5, 5.41) is 0.860. The van der Waals surface area contributed by atoms with E-state index in [1.54, 1.807) is 30.3 Å². The topological polar surface area (TPSA) is 51.8 Å². The highest BCUT2D eigenvalue weighted by Crippen LogP contribution is 2.26. The van der Waals surface area contributed by atoms with E-state index in [2.05, 4.69) is 4.99 Å². The van der Waals surface area contributed by atoms with E-state index in [0.717, 1.165) is 0 Å². The average molecular weight is 308 g/mol. The number of ether oxygens (including phenoxy) is 1. The summed E-state index contributed by atoms with van der Waals surface area (Å²) >= 11 is 11.9. The standard InChI is InChI=1S/C14H7Cl2NO3/c15-8-3-4-10(11(16)6-8)13-17-12(14(18)20-13)7-9-2-1-5-19-9/h1-7H. The van der Waals surface area contributed by atoms with Crippen molar-refractivity contribution in [1.82, 2.24) is 0 Å². The molecule has 100 valence electrons. The largest absolute Gasteiger partial charge is 0.465 e. The van der Waals surface area contributed by atoms with Crippen LogP contribution < -0.4 is 0 Å². The van der Waals surface area contributed by atoms with Crippen molar-refractivity contribution in [2.24, 2.45) is 4.99 Å². The van der Waals surface area contributed by atoms with Crippen LogP contribution in [0.4, 0.5) is 0 Å².